The molecule has 0 fully saturated rings. The Morgan fingerprint density at radius 3 is 2.40 bits per heavy atom. The number of halogens is 2. The van der Waals surface area contributed by atoms with Crippen LogP contribution in [0.1, 0.15) is 17.5 Å². The molecule has 0 bridgehead atoms. The molecule has 30 heavy (non-hydrogen) atoms. The maximum atomic E-state index is 12.8. The van der Waals surface area contributed by atoms with Crippen LogP contribution in [0.25, 0.3) is 0 Å². The monoisotopic (exact) mass is 427 g/mol. The Morgan fingerprint density at radius 2 is 1.77 bits per heavy atom. The second-order valence-corrected chi connectivity index (χ2v) is 8.04. The molecule has 5 nitrogen and oxygen atoms in total. The molecule has 0 N–H and O–H groups in total. The van der Waals surface area contributed by atoms with Gasteiger partial charge in [0.1, 0.15) is 11.5 Å². The van der Waals surface area contributed by atoms with Gasteiger partial charge in [0.2, 0.25) is 0 Å². The summed E-state index contributed by atoms with van der Waals surface area (Å²) >= 11 is 1.65. The second kappa shape index (κ2) is 8.10. The Kier molecular flexibility index (Phi) is 5.51. The van der Waals surface area contributed by atoms with Gasteiger partial charge in [-0.2, -0.15) is 10.2 Å². The lowest BCUT2D eigenvalue weighted by Crippen LogP contribution is -2.20. The molecule has 0 spiro atoms. The van der Waals surface area contributed by atoms with Crippen LogP contribution >= 0.6 is 11.9 Å². The lowest BCUT2D eigenvalue weighted by molar-refractivity contribution is 0.224. The van der Waals surface area contributed by atoms with E-state index in [0.717, 1.165) is 34.0 Å². The fourth-order valence-electron chi connectivity index (χ4n) is 3.60. The molecule has 2 aromatic rings. The second-order valence-electron chi connectivity index (χ2n) is 7.24. The Labute approximate surface area is 179 Å². The van der Waals surface area contributed by atoms with Crippen molar-refractivity contribution in [3.8, 4) is 0 Å². The van der Waals surface area contributed by atoms with Crippen molar-refractivity contribution in [2.75, 3.05) is 34.5 Å². The standard InChI is InChI=1S/C22H23F2N5S/c1-14-27(2)20-10-9-17(11-21(20)28(14)3)29(30-4)13-15-5-7-16(8-6-15)18-12-19(22(23)24)26-25-18/h5-11,22H,1,12-13H2,2-4H3. The van der Waals surface area contributed by atoms with Crippen molar-refractivity contribution in [2.45, 2.75) is 19.4 Å². The Morgan fingerprint density at radius 1 is 1.07 bits per heavy atom. The third-order valence-electron chi connectivity index (χ3n) is 5.48. The Hall–Kier alpha value is -2.87. The number of anilines is 3. The quantitative estimate of drug-likeness (QED) is 0.598. The van der Waals surface area contributed by atoms with E-state index in [1.807, 2.05) is 44.6 Å². The van der Waals surface area contributed by atoms with Crippen LogP contribution in [-0.2, 0) is 6.54 Å². The van der Waals surface area contributed by atoms with Gasteiger partial charge in [-0.25, -0.2) is 8.78 Å². The average molecular weight is 428 g/mol. The first-order valence-electron chi connectivity index (χ1n) is 9.52. The van der Waals surface area contributed by atoms with E-state index in [1.54, 1.807) is 11.9 Å². The van der Waals surface area contributed by atoms with Gasteiger partial charge >= 0.3 is 0 Å². The van der Waals surface area contributed by atoms with E-state index >= 15 is 0 Å². The van der Waals surface area contributed by atoms with Crippen LogP contribution in [0, 0.1) is 0 Å². The molecule has 2 aliphatic rings. The Balaban J connectivity index is 1.48. The summed E-state index contributed by atoms with van der Waals surface area (Å²) < 4.78 is 27.7. The van der Waals surface area contributed by atoms with E-state index in [0.29, 0.717) is 12.3 Å². The molecule has 0 atom stereocenters. The molecule has 0 unspecified atom stereocenters. The summed E-state index contributed by atoms with van der Waals surface area (Å²) in [5.41, 5.74) is 5.74. The molecule has 0 amide bonds. The Bertz CT molecular complexity index is 1030. The molecule has 0 saturated carbocycles. The molecular formula is C22H23F2N5S. The van der Waals surface area contributed by atoms with E-state index in [2.05, 4.69) is 49.1 Å². The number of nitrogens with zero attached hydrogens (tertiary/aromatic N) is 5. The minimum absolute atomic E-state index is 0.107. The normalized spacial score (nSPS) is 15.6. The zero-order chi connectivity index (χ0) is 21.4. The van der Waals surface area contributed by atoms with E-state index in [1.165, 1.54) is 0 Å². The molecule has 0 radical (unpaired) electrons. The van der Waals surface area contributed by atoms with E-state index in [-0.39, 0.29) is 12.1 Å². The highest BCUT2D eigenvalue weighted by molar-refractivity contribution is 7.99. The van der Waals surface area contributed by atoms with Crippen LogP contribution in [0.4, 0.5) is 25.8 Å². The highest BCUT2D eigenvalue weighted by Gasteiger charge is 2.25. The fraction of sp³-hybridized carbons (Fsp3) is 0.273. The van der Waals surface area contributed by atoms with Crippen molar-refractivity contribution in [3.05, 3.63) is 66.0 Å². The number of benzene rings is 2. The van der Waals surface area contributed by atoms with Gasteiger partial charge in [0, 0.05) is 32.5 Å². The van der Waals surface area contributed by atoms with E-state index in [4.69, 9.17) is 0 Å². The van der Waals surface area contributed by atoms with Crippen LogP contribution < -0.4 is 14.1 Å². The maximum absolute atomic E-state index is 12.8. The van der Waals surface area contributed by atoms with Crippen LogP contribution in [-0.4, -0.2) is 38.2 Å². The molecule has 2 aliphatic heterocycles. The molecule has 2 heterocycles. The summed E-state index contributed by atoms with van der Waals surface area (Å²) in [6.45, 7) is 4.84. The average Bonchev–Trinajstić information content (AvgIpc) is 3.33. The maximum Gasteiger partial charge on any atom is 0.278 e. The van der Waals surface area contributed by atoms with Gasteiger partial charge in [-0.3, -0.25) is 0 Å². The number of rotatable bonds is 6. The number of hydrogen-bond donors (Lipinski definition) is 0. The van der Waals surface area contributed by atoms with Crippen molar-refractivity contribution in [2.24, 2.45) is 10.2 Å². The zero-order valence-electron chi connectivity index (χ0n) is 17.1. The van der Waals surface area contributed by atoms with Crippen LogP contribution in [0.5, 0.6) is 0 Å². The van der Waals surface area contributed by atoms with Crippen LogP contribution in [0.2, 0.25) is 0 Å². The third kappa shape index (κ3) is 3.67. The smallest absolute Gasteiger partial charge is 0.278 e. The lowest BCUT2D eigenvalue weighted by atomic mass is 10.0. The third-order valence-corrected chi connectivity index (χ3v) is 6.26. The van der Waals surface area contributed by atoms with Gasteiger partial charge < -0.3 is 14.1 Å². The van der Waals surface area contributed by atoms with Crippen LogP contribution in [0.3, 0.4) is 0 Å². The summed E-state index contributed by atoms with van der Waals surface area (Å²) in [6.07, 6.45) is -0.396. The highest BCUT2D eigenvalue weighted by Crippen LogP contribution is 2.42. The lowest BCUT2D eigenvalue weighted by Gasteiger charge is -2.23. The minimum Gasteiger partial charge on any atom is -0.330 e. The van der Waals surface area contributed by atoms with Crippen LogP contribution in [0.15, 0.2) is 65.1 Å². The largest absolute Gasteiger partial charge is 0.330 e. The summed E-state index contributed by atoms with van der Waals surface area (Å²) in [6, 6.07) is 14.3. The first kappa shape index (κ1) is 20.4. The molecule has 2 aromatic carbocycles. The molecular weight excluding hydrogens is 404 g/mol. The fourth-order valence-corrected chi connectivity index (χ4v) is 4.20. The van der Waals surface area contributed by atoms with Crippen molar-refractivity contribution in [1.82, 2.24) is 0 Å². The van der Waals surface area contributed by atoms with E-state index in [9.17, 15) is 8.78 Å². The first-order valence-corrected chi connectivity index (χ1v) is 10.7. The molecule has 4 rings (SSSR count). The summed E-state index contributed by atoms with van der Waals surface area (Å²) in [4.78, 5) is 4.17. The van der Waals surface area contributed by atoms with Gasteiger partial charge in [0.05, 0.1) is 23.6 Å². The van der Waals surface area contributed by atoms with Crippen molar-refractivity contribution >= 4 is 40.4 Å². The molecule has 8 heteroatoms. The SMILES string of the molecule is C=C1N(C)c2ccc(N(Cc3ccc(C4=NN=C(C(F)F)C4)cc3)SC)cc2N1C. The summed E-state index contributed by atoms with van der Waals surface area (Å²) in [5.74, 6) is 0.947. The predicted molar refractivity (Wildman–Crippen MR) is 123 cm³/mol. The highest BCUT2D eigenvalue weighted by atomic mass is 32.2. The van der Waals surface area contributed by atoms with Crippen molar-refractivity contribution < 1.29 is 8.78 Å². The van der Waals surface area contributed by atoms with E-state index < -0.39 is 6.43 Å². The van der Waals surface area contributed by atoms with Gasteiger partial charge in [-0.15, -0.1) is 0 Å². The predicted octanol–water partition coefficient (Wildman–Crippen LogP) is 5.14. The summed E-state index contributed by atoms with van der Waals surface area (Å²) in [5, 5.41) is 7.50. The topological polar surface area (TPSA) is 34.4 Å². The molecule has 156 valence electrons. The first-order chi connectivity index (χ1) is 14.4. The van der Waals surface area contributed by atoms with Gasteiger partial charge in [-0.1, -0.05) is 42.8 Å². The van der Waals surface area contributed by atoms with Gasteiger partial charge in [0.25, 0.3) is 6.43 Å². The van der Waals surface area contributed by atoms with Crippen molar-refractivity contribution in [1.29, 1.82) is 0 Å². The molecule has 0 saturated heterocycles. The summed E-state index contributed by atoms with van der Waals surface area (Å²) in [7, 11) is 4.04. The number of hydrogen-bond acceptors (Lipinski definition) is 6. The number of alkyl halides is 2. The van der Waals surface area contributed by atoms with Gasteiger partial charge in [0.15, 0.2) is 0 Å². The van der Waals surface area contributed by atoms with Crippen molar-refractivity contribution in [3.63, 3.8) is 0 Å². The minimum atomic E-state index is -2.55. The molecule has 0 aromatic heterocycles. The molecule has 0 aliphatic carbocycles. The van der Waals surface area contributed by atoms with Gasteiger partial charge in [-0.05, 0) is 29.3 Å². The number of fused-ring (bicyclic) bond motifs is 1. The zero-order valence-corrected chi connectivity index (χ0v) is 18.0.